The third kappa shape index (κ3) is 3.59. The van der Waals surface area contributed by atoms with Gasteiger partial charge in [0.05, 0.1) is 17.1 Å². The highest BCUT2D eigenvalue weighted by Crippen LogP contribution is 2.37. The summed E-state index contributed by atoms with van der Waals surface area (Å²) >= 11 is 0. The Labute approximate surface area is 119 Å². The molecule has 0 bridgehead atoms. The number of nitrogens with one attached hydrogen (secondary N) is 2. The first-order valence-corrected chi connectivity index (χ1v) is 7.17. The van der Waals surface area contributed by atoms with E-state index in [1.165, 1.54) is 37.8 Å². The van der Waals surface area contributed by atoms with Crippen molar-refractivity contribution in [3.05, 3.63) is 22.2 Å². The van der Waals surface area contributed by atoms with Gasteiger partial charge in [-0.15, -0.1) is 0 Å². The zero-order valence-electron chi connectivity index (χ0n) is 12.1. The van der Waals surface area contributed by atoms with Crippen molar-refractivity contribution >= 4 is 17.3 Å². The van der Waals surface area contributed by atoms with Crippen LogP contribution >= 0.6 is 0 Å². The summed E-state index contributed by atoms with van der Waals surface area (Å²) in [6.45, 7) is 5.70. The van der Waals surface area contributed by atoms with Crippen LogP contribution in [0.3, 0.4) is 0 Å². The van der Waals surface area contributed by atoms with Gasteiger partial charge in [-0.05, 0) is 25.2 Å². The van der Waals surface area contributed by atoms with Crippen molar-refractivity contribution in [1.29, 1.82) is 0 Å². The molecule has 1 saturated carbocycles. The number of hydrogen-bond donors (Lipinski definition) is 2. The van der Waals surface area contributed by atoms with Crippen molar-refractivity contribution in [2.24, 2.45) is 5.41 Å². The first-order chi connectivity index (χ1) is 9.52. The minimum atomic E-state index is -0.384. The molecule has 0 saturated heterocycles. The van der Waals surface area contributed by atoms with Crippen LogP contribution in [0.25, 0.3) is 0 Å². The van der Waals surface area contributed by atoms with Crippen molar-refractivity contribution in [3.8, 4) is 0 Å². The zero-order chi connectivity index (χ0) is 14.6. The van der Waals surface area contributed by atoms with E-state index in [4.69, 9.17) is 0 Å². The van der Waals surface area contributed by atoms with Gasteiger partial charge in [0.1, 0.15) is 11.6 Å². The van der Waals surface area contributed by atoms with Gasteiger partial charge >= 0.3 is 0 Å². The number of pyridine rings is 1. The molecule has 2 rings (SSSR count). The van der Waals surface area contributed by atoms with Gasteiger partial charge in [0.15, 0.2) is 0 Å². The molecule has 2 N–H and O–H groups in total. The fourth-order valence-electron chi connectivity index (χ4n) is 2.69. The van der Waals surface area contributed by atoms with E-state index in [0.29, 0.717) is 18.2 Å². The molecule has 0 amide bonds. The van der Waals surface area contributed by atoms with Gasteiger partial charge in [0.25, 0.3) is 5.69 Å². The molecule has 0 aliphatic heterocycles. The molecule has 0 radical (unpaired) electrons. The van der Waals surface area contributed by atoms with Crippen LogP contribution in [0.5, 0.6) is 0 Å². The minimum absolute atomic E-state index is 0.0648. The van der Waals surface area contributed by atoms with E-state index in [1.807, 2.05) is 6.92 Å². The standard InChI is InChI=1S/C14H22N4O2/c1-3-15-12-8-11(18(19)20)9-13(17-12)16-10-14(2)6-4-5-7-14/h8-9H,3-7,10H2,1-2H3,(H2,15,16,17). The van der Waals surface area contributed by atoms with E-state index in [9.17, 15) is 10.1 Å². The maximum atomic E-state index is 11.0. The van der Waals surface area contributed by atoms with Crippen LogP contribution in [-0.4, -0.2) is 23.0 Å². The van der Waals surface area contributed by atoms with Crippen LogP contribution in [0.1, 0.15) is 39.5 Å². The summed E-state index contributed by atoms with van der Waals surface area (Å²) in [5.74, 6) is 1.11. The number of nitro groups is 1. The van der Waals surface area contributed by atoms with Crippen molar-refractivity contribution in [2.45, 2.75) is 39.5 Å². The lowest BCUT2D eigenvalue weighted by Gasteiger charge is -2.24. The third-order valence-electron chi connectivity index (χ3n) is 3.89. The molecular weight excluding hydrogens is 256 g/mol. The summed E-state index contributed by atoms with van der Waals surface area (Å²) < 4.78 is 0. The molecule has 20 heavy (non-hydrogen) atoms. The summed E-state index contributed by atoms with van der Waals surface area (Å²) in [5.41, 5.74) is 0.347. The summed E-state index contributed by atoms with van der Waals surface area (Å²) in [6.07, 6.45) is 4.94. The van der Waals surface area contributed by atoms with Crippen LogP contribution < -0.4 is 10.6 Å². The van der Waals surface area contributed by atoms with Crippen LogP contribution in [0.4, 0.5) is 17.3 Å². The van der Waals surface area contributed by atoms with Gasteiger partial charge in [0.2, 0.25) is 0 Å². The molecule has 6 nitrogen and oxygen atoms in total. The third-order valence-corrected chi connectivity index (χ3v) is 3.89. The van der Waals surface area contributed by atoms with Crippen LogP contribution in [-0.2, 0) is 0 Å². The summed E-state index contributed by atoms with van der Waals surface area (Å²) in [5, 5.41) is 17.2. The first-order valence-electron chi connectivity index (χ1n) is 7.17. The number of hydrogen-bond acceptors (Lipinski definition) is 5. The molecule has 1 aliphatic carbocycles. The first kappa shape index (κ1) is 14.6. The van der Waals surface area contributed by atoms with Gasteiger partial charge < -0.3 is 10.6 Å². The lowest BCUT2D eigenvalue weighted by atomic mass is 9.89. The van der Waals surface area contributed by atoms with E-state index in [0.717, 1.165) is 6.54 Å². The van der Waals surface area contributed by atoms with E-state index in [2.05, 4.69) is 22.5 Å². The average Bonchev–Trinajstić information content (AvgIpc) is 2.84. The molecule has 1 heterocycles. The van der Waals surface area contributed by atoms with Crippen molar-refractivity contribution in [2.75, 3.05) is 23.7 Å². The lowest BCUT2D eigenvalue weighted by molar-refractivity contribution is -0.384. The molecule has 0 spiro atoms. The predicted molar refractivity (Wildman–Crippen MR) is 80.1 cm³/mol. The maximum Gasteiger partial charge on any atom is 0.276 e. The number of aromatic nitrogens is 1. The molecule has 1 aromatic heterocycles. The van der Waals surface area contributed by atoms with E-state index in [1.54, 1.807) is 0 Å². The zero-order valence-corrected chi connectivity index (χ0v) is 12.1. The molecule has 0 aromatic carbocycles. The summed E-state index contributed by atoms with van der Waals surface area (Å²) in [4.78, 5) is 14.9. The minimum Gasteiger partial charge on any atom is -0.370 e. The van der Waals surface area contributed by atoms with Crippen molar-refractivity contribution in [1.82, 2.24) is 4.98 Å². The quantitative estimate of drug-likeness (QED) is 0.615. The van der Waals surface area contributed by atoms with Crippen LogP contribution in [0.15, 0.2) is 12.1 Å². The SMILES string of the molecule is CCNc1cc([N+](=O)[O-])cc(NCC2(C)CCCC2)n1. The summed E-state index contributed by atoms with van der Waals surface area (Å²) in [6, 6.07) is 2.96. The monoisotopic (exact) mass is 278 g/mol. The molecule has 6 heteroatoms. The van der Waals surface area contributed by atoms with Crippen molar-refractivity contribution < 1.29 is 4.92 Å². The van der Waals surface area contributed by atoms with Gasteiger partial charge in [-0.1, -0.05) is 19.8 Å². The molecule has 1 fully saturated rings. The second kappa shape index (κ2) is 6.07. The number of anilines is 2. The maximum absolute atomic E-state index is 11.0. The fraction of sp³-hybridized carbons (Fsp3) is 0.643. The number of rotatable bonds is 6. The van der Waals surface area contributed by atoms with Gasteiger partial charge in [-0.25, -0.2) is 4.98 Å². The van der Waals surface area contributed by atoms with Gasteiger partial charge in [-0.3, -0.25) is 10.1 Å². The Morgan fingerprint density at radius 3 is 2.45 bits per heavy atom. The Morgan fingerprint density at radius 2 is 1.90 bits per heavy atom. The lowest BCUT2D eigenvalue weighted by Crippen LogP contribution is -2.23. The summed E-state index contributed by atoms with van der Waals surface area (Å²) in [7, 11) is 0. The van der Waals surface area contributed by atoms with E-state index < -0.39 is 0 Å². The Balaban J connectivity index is 2.11. The highest BCUT2D eigenvalue weighted by Gasteiger charge is 2.28. The average molecular weight is 278 g/mol. The normalized spacial score (nSPS) is 16.9. The number of nitrogens with zero attached hydrogens (tertiary/aromatic N) is 2. The Hall–Kier alpha value is -1.85. The Morgan fingerprint density at radius 1 is 1.30 bits per heavy atom. The molecular formula is C14H22N4O2. The highest BCUT2D eigenvalue weighted by atomic mass is 16.6. The van der Waals surface area contributed by atoms with Crippen LogP contribution in [0.2, 0.25) is 0 Å². The molecule has 0 atom stereocenters. The second-order valence-electron chi connectivity index (χ2n) is 5.75. The Bertz CT molecular complexity index is 484. The van der Waals surface area contributed by atoms with E-state index in [-0.39, 0.29) is 16.0 Å². The second-order valence-corrected chi connectivity index (χ2v) is 5.75. The molecule has 1 aliphatic rings. The largest absolute Gasteiger partial charge is 0.370 e. The van der Waals surface area contributed by atoms with Gasteiger partial charge in [-0.2, -0.15) is 0 Å². The fourth-order valence-corrected chi connectivity index (χ4v) is 2.69. The molecule has 110 valence electrons. The van der Waals surface area contributed by atoms with Crippen molar-refractivity contribution in [3.63, 3.8) is 0 Å². The van der Waals surface area contributed by atoms with E-state index >= 15 is 0 Å². The van der Waals surface area contributed by atoms with Crippen LogP contribution in [0, 0.1) is 15.5 Å². The molecule has 1 aromatic rings. The topological polar surface area (TPSA) is 80.1 Å². The highest BCUT2D eigenvalue weighted by molar-refractivity contribution is 5.54. The molecule has 0 unspecified atom stereocenters. The predicted octanol–water partition coefficient (Wildman–Crippen LogP) is 3.41. The smallest absolute Gasteiger partial charge is 0.276 e. The Kier molecular flexibility index (Phi) is 4.42. The van der Waals surface area contributed by atoms with Gasteiger partial charge in [0, 0.05) is 13.1 Å².